The average molecular weight is 288 g/mol. The highest BCUT2D eigenvalue weighted by molar-refractivity contribution is 5.96. The van der Waals surface area contributed by atoms with Crippen LogP contribution in [-0.2, 0) is 0 Å². The number of carbonyl (C=O) groups excluding carboxylic acids is 1. The van der Waals surface area contributed by atoms with Gasteiger partial charge in [0.2, 0.25) is 0 Å². The van der Waals surface area contributed by atoms with E-state index in [2.05, 4.69) is 4.98 Å². The lowest BCUT2D eigenvalue weighted by Crippen LogP contribution is -2.30. The fourth-order valence-electron chi connectivity index (χ4n) is 2.27. The van der Waals surface area contributed by atoms with Gasteiger partial charge in [-0.25, -0.2) is 0 Å². The molecule has 0 bridgehead atoms. The molecule has 0 aliphatic carbocycles. The summed E-state index contributed by atoms with van der Waals surface area (Å²) in [5.41, 5.74) is 0.0634. The molecule has 0 atom stereocenters. The molecule has 0 fully saturated rings. The predicted molar refractivity (Wildman–Crippen MR) is 82.5 cm³/mol. The zero-order valence-corrected chi connectivity index (χ0v) is 12.1. The fourth-order valence-corrected chi connectivity index (χ4v) is 2.27. The summed E-state index contributed by atoms with van der Waals surface area (Å²) in [4.78, 5) is 28.5. The Balaban J connectivity index is 2.14. The van der Waals surface area contributed by atoms with Crippen molar-refractivity contribution in [1.29, 1.82) is 0 Å². The molecule has 1 aromatic heterocycles. The lowest BCUT2D eigenvalue weighted by molar-refractivity contribution is 0.0786. The van der Waals surface area contributed by atoms with Crippen LogP contribution >= 0.6 is 0 Å². The van der Waals surface area contributed by atoms with Crippen LogP contribution in [0.15, 0.2) is 35.1 Å². The van der Waals surface area contributed by atoms with Gasteiger partial charge in [-0.15, -0.1) is 0 Å². The quantitative estimate of drug-likeness (QED) is 0.796. The van der Waals surface area contributed by atoms with Crippen LogP contribution in [0.25, 0.3) is 10.8 Å². The second-order valence-corrected chi connectivity index (χ2v) is 5.11. The molecule has 1 heterocycles. The maximum atomic E-state index is 12.3. The number of pyridine rings is 1. The number of unbranched alkanes of at least 4 members (excludes halogenated alkanes) is 2. The molecule has 0 aliphatic rings. The minimum atomic E-state index is -0.245. The second-order valence-electron chi connectivity index (χ2n) is 5.11. The number of nitrogens with zero attached hydrogens (tertiary/aromatic N) is 1. The van der Waals surface area contributed by atoms with E-state index < -0.39 is 0 Å². The van der Waals surface area contributed by atoms with Crippen LogP contribution in [0.5, 0.6) is 0 Å². The van der Waals surface area contributed by atoms with Crippen molar-refractivity contribution in [3.05, 3.63) is 46.4 Å². The van der Waals surface area contributed by atoms with E-state index in [4.69, 9.17) is 5.11 Å². The Bertz CT molecular complexity index is 679. The first-order valence-corrected chi connectivity index (χ1v) is 7.12. The number of benzene rings is 1. The monoisotopic (exact) mass is 288 g/mol. The number of hydrogen-bond acceptors (Lipinski definition) is 3. The zero-order valence-electron chi connectivity index (χ0n) is 12.1. The normalized spacial score (nSPS) is 10.8. The summed E-state index contributed by atoms with van der Waals surface area (Å²) < 4.78 is 0. The Morgan fingerprint density at radius 1 is 1.24 bits per heavy atom. The maximum absolute atomic E-state index is 12.3. The molecule has 2 aromatic rings. The third-order valence-electron chi connectivity index (χ3n) is 3.48. The van der Waals surface area contributed by atoms with E-state index in [1.54, 1.807) is 30.1 Å². The van der Waals surface area contributed by atoms with E-state index in [1.807, 2.05) is 12.1 Å². The van der Waals surface area contributed by atoms with Crippen molar-refractivity contribution < 1.29 is 9.90 Å². The number of fused-ring (bicyclic) bond motifs is 1. The fraction of sp³-hybridized carbons (Fsp3) is 0.375. The molecule has 0 spiro atoms. The largest absolute Gasteiger partial charge is 0.396 e. The Morgan fingerprint density at radius 3 is 2.76 bits per heavy atom. The number of carbonyl (C=O) groups is 1. The van der Waals surface area contributed by atoms with E-state index in [-0.39, 0.29) is 18.1 Å². The van der Waals surface area contributed by atoms with Gasteiger partial charge in [0.15, 0.2) is 0 Å². The van der Waals surface area contributed by atoms with Gasteiger partial charge in [-0.3, -0.25) is 9.59 Å². The van der Waals surface area contributed by atoms with Gasteiger partial charge in [0.1, 0.15) is 5.69 Å². The first-order chi connectivity index (χ1) is 10.1. The van der Waals surface area contributed by atoms with Crippen LogP contribution in [0, 0.1) is 0 Å². The predicted octanol–water partition coefficient (Wildman–Crippen LogP) is 1.76. The van der Waals surface area contributed by atoms with Gasteiger partial charge in [-0.1, -0.05) is 18.2 Å². The maximum Gasteiger partial charge on any atom is 0.270 e. The lowest BCUT2D eigenvalue weighted by Gasteiger charge is -2.17. The van der Waals surface area contributed by atoms with E-state index in [1.165, 1.54) is 0 Å². The smallest absolute Gasteiger partial charge is 0.270 e. The number of hydrogen-bond donors (Lipinski definition) is 2. The molecular formula is C16H20N2O3. The molecule has 2 N–H and O–H groups in total. The number of aromatic nitrogens is 1. The van der Waals surface area contributed by atoms with Gasteiger partial charge in [0.05, 0.1) is 0 Å². The van der Waals surface area contributed by atoms with Crippen LogP contribution in [0.4, 0.5) is 0 Å². The molecule has 0 radical (unpaired) electrons. The van der Waals surface area contributed by atoms with E-state index >= 15 is 0 Å². The van der Waals surface area contributed by atoms with Crippen molar-refractivity contribution >= 4 is 16.7 Å². The Kier molecular flexibility index (Phi) is 5.11. The van der Waals surface area contributed by atoms with Crippen LogP contribution in [-0.4, -0.2) is 41.1 Å². The van der Waals surface area contributed by atoms with Crippen LogP contribution < -0.4 is 5.56 Å². The Labute approximate surface area is 123 Å². The number of amides is 1. The Hall–Kier alpha value is -2.14. The molecule has 0 saturated carbocycles. The zero-order chi connectivity index (χ0) is 15.2. The summed E-state index contributed by atoms with van der Waals surface area (Å²) in [6.45, 7) is 0.781. The molecule has 1 amide bonds. The van der Waals surface area contributed by atoms with Crippen molar-refractivity contribution in [1.82, 2.24) is 9.88 Å². The van der Waals surface area contributed by atoms with Crippen molar-refractivity contribution in [2.24, 2.45) is 0 Å². The van der Waals surface area contributed by atoms with E-state index in [0.29, 0.717) is 17.6 Å². The first-order valence-electron chi connectivity index (χ1n) is 7.12. The minimum Gasteiger partial charge on any atom is -0.396 e. The third-order valence-corrected chi connectivity index (χ3v) is 3.48. The number of aliphatic hydroxyl groups is 1. The number of H-pyrrole nitrogens is 1. The molecule has 0 saturated heterocycles. The summed E-state index contributed by atoms with van der Waals surface area (Å²) in [7, 11) is 1.72. The summed E-state index contributed by atoms with van der Waals surface area (Å²) in [5, 5.41) is 10.1. The second kappa shape index (κ2) is 7.04. The van der Waals surface area contributed by atoms with Gasteiger partial charge < -0.3 is 15.0 Å². The lowest BCUT2D eigenvalue weighted by atomic mass is 10.1. The van der Waals surface area contributed by atoms with Crippen molar-refractivity contribution in [3.8, 4) is 0 Å². The molecule has 0 unspecified atom stereocenters. The molecule has 112 valence electrons. The van der Waals surface area contributed by atoms with Gasteiger partial charge in [0, 0.05) is 25.6 Å². The molecule has 21 heavy (non-hydrogen) atoms. The Morgan fingerprint density at radius 2 is 2.00 bits per heavy atom. The topological polar surface area (TPSA) is 73.4 Å². The molecular weight excluding hydrogens is 268 g/mol. The number of aliphatic hydroxyl groups excluding tert-OH is 1. The standard InChI is InChI=1S/C16H20N2O3/c1-18(9-5-2-6-10-19)16(21)14-11-12-7-3-4-8-13(12)15(20)17-14/h3-4,7-8,11,19H,2,5-6,9-10H2,1H3,(H,17,20). The average Bonchev–Trinajstić information content (AvgIpc) is 2.50. The SMILES string of the molecule is CN(CCCCCO)C(=O)c1cc2ccccc2c(=O)[nH]1. The minimum absolute atomic E-state index is 0.176. The van der Waals surface area contributed by atoms with Crippen LogP contribution in [0.1, 0.15) is 29.8 Å². The number of nitrogens with one attached hydrogen (secondary N) is 1. The highest BCUT2D eigenvalue weighted by Crippen LogP contribution is 2.11. The van der Waals surface area contributed by atoms with Crippen molar-refractivity contribution in [2.45, 2.75) is 19.3 Å². The number of rotatable bonds is 6. The van der Waals surface area contributed by atoms with Crippen LogP contribution in [0.2, 0.25) is 0 Å². The first kappa shape index (κ1) is 15.3. The van der Waals surface area contributed by atoms with Crippen LogP contribution in [0.3, 0.4) is 0 Å². The molecule has 5 heteroatoms. The molecule has 2 rings (SSSR count). The van der Waals surface area contributed by atoms with E-state index in [0.717, 1.165) is 24.6 Å². The summed E-state index contributed by atoms with van der Waals surface area (Å²) in [6, 6.07) is 8.91. The van der Waals surface area contributed by atoms with Gasteiger partial charge in [-0.05, 0) is 36.8 Å². The summed E-state index contributed by atoms with van der Waals surface area (Å²) in [6.07, 6.45) is 2.46. The van der Waals surface area contributed by atoms with Gasteiger partial charge in [0.25, 0.3) is 11.5 Å². The van der Waals surface area contributed by atoms with Gasteiger partial charge in [-0.2, -0.15) is 0 Å². The van der Waals surface area contributed by atoms with E-state index in [9.17, 15) is 9.59 Å². The van der Waals surface area contributed by atoms with Gasteiger partial charge >= 0.3 is 0 Å². The van der Waals surface area contributed by atoms with Crippen molar-refractivity contribution in [2.75, 3.05) is 20.2 Å². The number of aromatic amines is 1. The third kappa shape index (κ3) is 3.70. The molecule has 5 nitrogen and oxygen atoms in total. The molecule has 1 aromatic carbocycles. The highest BCUT2D eigenvalue weighted by atomic mass is 16.3. The van der Waals surface area contributed by atoms with Crippen molar-refractivity contribution in [3.63, 3.8) is 0 Å². The molecule has 0 aliphatic heterocycles. The summed E-state index contributed by atoms with van der Waals surface area (Å²) >= 11 is 0. The summed E-state index contributed by atoms with van der Waals surface area (Å²) in [5.74, 6) is -0.193. The highest BCUT2D eigenvalue weighted by Gasteiger charge is 2.13.